The number of para-hydroxylation sites is 1. The Morgan fingerprint density at radius 1 is 0.704 bits per heavy atom. The summed E-state index contributed by atoms with van der Waals surface area (Å²) in [4.78, 5) is 24.6. The van der Waals surface area contributed by atoms with Gasteiger partial charge in [-0.25, -0.2) is 9.56 Å². The molecule has 0 heterocycles. The van der Waals surface area contributed by atoms with Crippen LogP contribution in [0.1, 0.15) is 64.2 Å². The molecule has 0 aliphatic rings. The van der Waals surface area contributed by atoms with Gasteiger partial charge in [0.05, 0.1) is 13.2 Å². The standard InChI is InChI=1S/C18H31O6P.2K/c19-25(20,21)24-23-17-13-8-6-4-2-1-3-5-7-12-16-22-18-14-10-9-11-15-18;;/h9-11,14-15H,1-8,12-13,16-17H2,(H2,19,20,21);;/q;2*+1/p-2. The molecule has 144 valence electrons. The van der Waals surface area contributed by atoms with Gasteiger partial charge in [-0.2, -0.15) is 0 Å². The molecule has 27 heavy (non-hydrogen) atoms. The van der Waals surface area contributed by atoms with Crippen LogP contribution in [-0.4, -0.2) is 13.2 Å². The number of hydrogen-bond acceptors (Lipinski definition) is 6. The number of phosphoric acid groups is 1. The molecule has 0 N–H and O–H groups in total. The first-order chi connectivity index (χ1) is 12.1. The quantitative estimate of drug-likeness (QED) is 0.0929. The van der Waals surface area contributed by atoms with Crippen molar-refractivity contribution in [1.29, 1.82) is 0 Å². The van der Waals surface area contributed by atoms with E-state index in [4.69, 9.17) is 4.74 Å². The molecule has 1 aromatic rings. The van der Waals surface area contributed by atoms with Crippen molar-refractivity contribution in [2.45, 2.75) is 64.2 Å². The van der Waals surface area contributed by atoms with E-state index in [1.165, 1.54) is 38.5 Å². The molecule has 1 rings (SSSR count). The van der Waals surface area contributed by atoms with Gasteiger partial charge in [-0.15, -0.1) is 0 Å². The fourth-order valence-corrected chi connectivity index (χ4v) is 2.69. The van der Waals surface area contributed by atoms with Gasteiger partial charge in [0.15, 0.2) is 0 Å². The van der Waals surface area contributed by atoms with Crippen molar-refractivity contribution in [3.8, 4) is 5.75 Å². The molecular formula is C18H29K2O6P. The summed E-state index contributed by atoms with van der Waals surface area (Å²) >= 11 is 0. The Hall–Kier alpha value is 2.36. The second-order valence-corrected chi connectivity index (χ2v) is 7.08. The Labute approximate surface area is 248 Å². The van der Waals surface area contributed by atoms with Crippen LogP contribution in [0.2, 0.25) is 0 Å². The molecule has 0 unspecified atom stereocenters. The topological polar surface area (TPSA) is 90.9 Å². The fraction of sp³-hybridized carbons (Fsp3) is 0.667. The minimum absolute atomic E-state index is 0. The zero-order chi connectivity index (χ0) is 18.2. The van der Waals surface area contributed by atoms with Crippen molar-refractivity contribution in [3.63, 3.8) is 0 Å². The smallest absolute Gasteiger partial charge is 0.788 e. The average Bonchev–Trinajstić information content (AvgIpc) is 2.58. The third kappa shape index (κ3) is 22.9. The van der Waals surface area contributed by atoms with Gasteiger partial charge in [-0.3, -0.25) is 0 Å². The van der Waals surface area contributed by atoms with Gasteiger partial charge in [0.2, 0.25) is 0 Å². The van der Waals surface area contributed by atoms with E-state index in [2.05, 4.69) is 9.56 Å². The molecule has 1 aromatic carbocycles. The molecule has 0 saturated carbocycles. The van der Waals surface area contributed by atoms with Gasteiger partial charge in [0, 0.05) is 0 Å². The summed E-state index contributed by atoms with van der Waals surface area (Å²) < 4.78 is 19.5. The van der Waals surface area contributed by atoms with Crippen LogP contribution in [0, 0.1) is 0 Å². The summed E-state index contributed by atoms with van der Waals surface area (Å²) in [6, 6.07) is 9.90. The zero-order valence-corrected chi connectivity index (χ0v) is 23.9. The van der Waals surface area contributed by atoms with E-state index in [9.17, 15) is 14.4 Å². The molecule has 0 spiro atoms. The predicted octanol–water partition coefficient (Wildman–Crippen LogP) is -2.25. The summed E-state index contributed by atoms with van der Waals surface area (Å²) in [6.07, 6.45) is 11.1. The summed E-state index contributed by atoms with van der Waals surface area (Å²) in [5.74, 6) is 0.939. The molecule has 0 atom stereocenters. The Morgan fingerprint density at radius 2 is 1.15 bits per heavy atom. The molecule has 0 amide bonds. The van der Waals surface area contributed by atoms with Gasteiger partial charge < -0.3 is 19.1 Å². The first-order valence-corrected chi connectivity index (χ1v) is 10.5. The van der Waals surface area contributed by atoms with E-state index >= 15 is 0 Å². The van der Waals surface area contributed by atoms with Crippen LogP contribution in [0.3, 0.4) is 0 Å². The maximum absolute atomic E-state index is 10.1. The average molecular weight is 451 g/mol. The van der Waals surface area contributed by atoms with Crippen LogP contribution in [-0.2, 0) is 14.1 Å². The first kappa shape index (κ1) is 31.5. The fourth-order valence-electron chi connectivity index (χ4n) is 2.49. The molecular weight excluding hydrogens is 421 g/mol. The van der Waals surface area contributed by atoms with Gasteiger partial charge in [-0.05, 0) is 25.0 Å². The van der Waals surface area contributed by atoms with E-state index in [0.717, 1.165) is 31.6 Å². The van der Waals surface area contributed by atoms with Gasteiger partial charge in [0.25, 0.3) is 0 Å². The molecule has 0 saturated heterocycles. The zero-order valence-electron chi connectivity index (χ0n) is 16.8. The van der Waals surface area contributed by atoms with Crippen LogP contribution in [0.25, 0.3) is 0 Å². The molecule has 0 radical (unpaired) electrons. The van der Waals surface area contributed by atoms with Crippen molar-refractivity contribution < 1.29 is 131 Å². The minimum atomic E-state index is -5.00. The summed E-state index contributed by atoms with van der Waals surface area (Å²) in [5, 5.41) is 0. The largest absolute Gasteiger partial charge is 1.00 e. The Bertz CT molecular complexity index is 472. The maximum atomic E-state index is 10.1. The van der Waals surface area contributed by atoms with E-state index in [1.807, 2.05) is 30.3 Å². The molecule has 0 fully saturated rings. The van der Waals surface area contributed by atoms with Crippen molar-refractivity contribution in [3.05, 3.63) is 30.3 Å². The van der Waals surface area contributed by atoms with E-state index in [0.29, 0.717) is 6.42 Å². The number of hydrogen-bond donors (Lipinski definition) is 0. The number of rotatable bonds is 16. The van der Waals surface area contributed by atoms with Crippen LogP contribution >= 0.6 is 7.82 Å². The maximum Gasteiger partial charge on any atom is 1.00 e. The first-order valence-electron chi connectivity index (χ1n) is 9.09. The van der Waals surface area contributed by atoms with Crippen molar-refractivity contribution in [2.75, 3.05) is 13.2 Å². The SMILES string of the molecule is O=P([O-])([O-])OOCCCCCCCCCCCCOc1ccccc1.[K+].[K+]. The van der Waals surface area contributed by atoms with Crippen LogP contribution in [0.15, 0.2) is 30.3 Å². The third-order valence-corrected chi connectivity index (χ3v) is 4.07. The predicted molar refractivity (Wildman–Crippen MR) is 92.8 cm³/mol. The Morgan fingerprint density at radius 3 is 1.63 bits per heavy atom. The summed E-state index contributed by atoms with van der Waals surface area (Å²) in [7, 11) is -5.00. The summed E-state index contributed by atoms with van der Waals surface area (Å²) in [6.45, 7) is 0.920. The molecule has 0 aromatic heterocycles. The molecule has 6 nitrogen and oxygen atoms in total. The van der Waals surface area contributed by atoms with E-state index in [-0.39, 0.29) is 109 Å². The van der Waals surface area contributed by atoms with Gasteiger partial charge >= 0.3 is 103 Å². The second kappa shape index (κ2) is 21.6. The van der Waals surface area contributed by atoms with Crippen molar-refractivity contribution in [1.82, 2.24) is 0 Å². The molecule has 0 aliphatic carbocycles. The van der Waals surface area contributed by atoms with E-state index < -0.39 is 7.82 Å². The van der Waals surface area contributed by atoms with Crippen molar-refractivity contribution in [2.24, 2.45) is 0 Å². The monoisotopic (exact) mass is 450 g/mol. The van der Waals surface area contributed by atoms with Crippen LogP contribution < -0.4 is 117 Å². The minimum Gasteiger partial charge on any atom is -0.788 e. The van der Waals surface area contributed by atoms with Crippen LogP contribution in [0.5, 0.6) is 5.75 Å². The van der Waals surface area contributed by atoms with Gasteiger partial charge in [0.1, 0.15) is 13.6 Å². The normalized spacial score (nSPS) is 10.7. The Kier molecular flexibility index (Phi) is 25.2. The third-order valence-electron chi connectivity index (χ3n) is 3.78. The molecule has 0 bridgehead atoms. The number of unbranched alkanes of at least 4 members (excludes halogenated alkanes) is 9. The van der Waals surface area contributed by atoms with E-state index in [1.54, 1.807) is 0 Å². The van der Waals surface area contributed by atoms with Gasteiger partial charge in [-0.1, -0.05) is 69.6 Å². The summed E-state index contributed by atoms with van der Waals surface area (Å²) in [5.41, 5.74) is 0. The molecule has 0 aliphatic heterocycles. The molecule has 9 heteroatoms. The Balaban J connectivity index is 0. The number of benzene rings is 1. The number of ether oxygens (including phenoxy) is 1. The van der Waals surface area contributed by atoms with Crippen molar-refractivity contribution >= 4 is 7.82 Å². The second-order valence-electron chi connectivity index (χ2n) is 6.04. The van der Waals surface area contributed by atoms with Crippen LogP contribution in [0.4, 0.5) is 0 Å².